The van der Waals surface area contributed by atoms with Crippen molar-refractivity contribution >= 4 is 27.3 Å². The minimum absolute atomic E-state index is 0.741. The van der Waals surface area contributed by atoms with Crippen LogP contribution < -0.4 is 14.8 Å². The third kappa shape index (κ3) is 3.49. The minimum Gasteiger partial charge on any atom is -0.493 e. The molecule has 0 amide bonds. The molecule has 0 aliphatic carbocycles. The molecule has 5 heteroatoms. The highest BCUT2D eigenvalue weighted by molar-refractivity contribution is 9.10. The first-order valence-corrected chi connectivity index (χ1v) is 7.56. The maximum atomic E-state index is 5.41. The molecule has 1 heterocycles. The van der Waals surface area contributed by atoms with Crippen molar-refractivity contribution in [1.82, 2.24) is 5.32 Å². The summed E-state index contributed by atoms with van der Waals surface area (Å²) in [6, 6.07) is 7.98. The number of halogens is 1. The lowest BCUT2D eigenvalue weighted by molar-refractivity contribution is 0.350. The van der Waals surface area contributed by atoms with Crippen molar-refractivity contribution in [1.29, 1.82) is 0 Å². The van der Waals surface area contributed by atoms with E-state index in [0.29, 0.717) is 0 Å². The molecule has 1 aromatic heterocycles. The molecule has 0 atom stereocenters. The highest BCUT2D eigenvalue weighted by Crippen LogP contribution is 2.30. The first-order chi connectivity index (χ1) is 9.26. The van der Waals surface area contributed by atoms with Crippen LogP contribution in [0, 0.1) is 0 Å². The van der Waals surface area contributed by atoms with Gasteiger partial charge in [0, 0.05) is 28.0 Å². The minimum atomic E-state index is 0.741. The molecule has 19 heavy (non-hydrogen) atoms. The van der Waals surface area contributed by atoms with Crippen molar-refractivity contribution in [2.75, 3.05) is 14.2 Å². The maximum absolute atomic E-state index is 5.41. The first kappa shape index (κ1) is 14.4. The van der Waals surface area contributed by atoms with Crippen LogP contribution in [0.15, 0.2) is 34.1 Å². The summed E-state index contributed by atoms with van der Waals surface area (Å²) in [4.78, 5) is 1.29. The standard InChI is InChI=1S/C14H16BrNO2S/c1-17-12-5-3-4-10(14(12)18-2)8-16-9-13-11(15)6-7-19-13/h3-7,16H,8-9H2,1-2H3. The smallest absolute Gasteiger partial charge is 0.165 e. The van der Waals surface area contributed by atoms with Crippen molar-refractivity contribution in [2.24, 2.45) is 0 Å². The summed E-state index contributed by atoms with van der Waals surface area (Å²) in [7, 11) is 3.31. The van der Waals surface area contributed by atoms with Crippen molar-refractivity contribution in [2.45, 2.75) is 13.1 Å². The number of nitrogens with one attached hydrogen (secondary N) is 1. The monoisotopic (exact) mass is 341 g/mol. The van der Waals surface area contributed by atoms with Crippen LogP contribution in [0.2, 0.25) is 0 Å². The van der Waals surface area contributed by atoms with Crippen LogP contribution in [-0.2, 0) is 13.1 Å². The second-order valence-electron chi connectivity index (χ2n) is 3.95. The van der Waals surface area contributed by atoms with Crippen LogP contribution in [0.3, 0.4) is 0 Å². The van der Waals surface area contributed by atoms with Crippen LogP contribution in [0.4, 0.5) is 0 Å². The lowest BCUT2D eigenvalue weighted by Gasteiger charge is -2.13. The molecule has 1 N–H and O–H groups in total. The number of ether oxygens (including phenoxy) is 2. The summed E-state index contributed by atoms with van der Waals surface area (Å²) in [5, 5.41) is 5.49. The van der Waals surface area contributed by atoms with Gasteiger partial charge in [-0.2, -0.15) is 0 Å². The van der Waals surface area contributed by atoms with Gasteiger partial charge in [0.15, 0.2) is 11.5 Å². The van der Waals surface area contributed by atoms with Gasteiger partial charge in [0.05, 0.1) is 14.2 Å². The molecule has 1 aromatic carbocycles. The predicted octanol–water partition coefficient (Wildman–Crippen LogP) is 3.82. The first-order valence-electron chi connectivity index (χ1n) is 5.88. The maximum Gasteiger partial charge on any atom is 0.165 e. The molecule has 0 fully saturated rings. The SMILES string of the molecule is COc1cccc(CNCc2sccc2Br)c1OC. The molecule has 0 bridgehead atoms. The third-order valence-corrected chi connectivity index (χ3v) is 4.70. The Morgan fingerprint density at radius 3 is 2.63 bits per heavy atom. The van der Waals surface area contributed by atoms with Crippen LogP contribution in [-0.4, -0.2) is 14.2 Å². The summed E-state index contributed by atoms with van der Waals surface area (Å²) in [6.07, 6.45) is 0. The highest BCUT2D eigenvalue weighted by atomic mass is 79.9. The molecule has 102 valence electrons. The zero-order valence-corrected chi connectivity index (χ0v) is 13.3. The van der Waals surface area contributed by atoms with Gasteiger partial charge < -0.3 is 14.8 Å². The molecule has 2 aromatic rings. The Balaban J connectivity index is 2.01. The number of thiophene rings is 1. The second-order valence-corrected chi connectivity index (χ2v) is 5.80. The second kappa shape index (κ2) is 6.93. The van der Waals surface area contributed by atoms with E-state index in [0.717, 1.165) is 34.6 Å². The van der Waals surface area contributed by atoms with Crippen molar-refractivity contribution in [3.05, 3.63) is 44.6 Å². The molecule has 0 aliphatic heterocycles. The van der Waals surface area contributed by atoms with E-state index in [-0.39, 0.29) is 0 Å². The zero-order valence-electron chi connectivity index (χ0n) is 10.9. The van der Waals surface area contributed by atoms with E-state index in [2.05, 4.69) is 32.7 Å². The number of rotatable bonds is 6. The Morgan fingerprint density at radius 1 is 1.16 bits per heavy atom. The molecule has 0 spiro atoms. The molecule has 0 aliphatic rings. The Kier molecular flexibility index (Phi) is 5.24. The van der Waals surface area contributed by atoms with Gasteiger partial charge in [-0.15, -0.1) is 11.3 Å². The number of para-hydroxylation sites is 1. The number of methoxy groups -OCH3 is 2. The Morgan fingerprint density at radius 2 is 2.00 bits per heavy atom. The van der Waals surface area contributed by atoms with Crippen molar-refractivity contribution in [3.63, 3.8) is 0 Å². The fraction of sp³-hybridized carbons (Fsp3) is 0.286. The average Bonchev–Trinajstić information content (AvgIpc) is 2.84. The van der Waals surface area contributed by atoms with E-state index < -0.39 is 0 Å². The lowest BCUT2D eigenvalue weighted by Crippen LogP contribution is -2.13. The molecule has 0 saturated carbocycles. The number of hydrogen-bond acceptors (Lipinski definition) is 4. The van der Waals surface area contributed by atoms with Crippen molar-refractivity contribution < 1.29 is 9.47 Å². The summed E-state index contributed by atoms with van der Waals surface area (Å²) < 4.78 is 11.9. The fourth-order valence-electron chi connectivity index (χ4n) is 1.85. The van der Waals surface area contributed by atoms with Gasteiger partial charge in [-0.25, -0.2) is 0 Å². The Bertz CT molecular complexity index is 542. The molecule has 3 nitrogen and oxygen atoms in total. The summed E-state index contributed by atoms with van der Waals surface area (Å²) in [6.45, 7) is 1.57. The summed E-state index contributed by atoms with van der Waals surface area (Å²) in [5.41, 5.74) is 1.09. The van der Waals surface area contributed by atoms with E-state index in [1.165, 1.54) is 4.88 Å². The van der Waals surface area contributed by atoms with E-state index in [4.69, 9.17) is 9.47 Å². The van der Waals surface area contributed by atoms with Crippen LogP contribution in [0.5, 0.6) is 11.5 Å². The highest BCUT2D eigenvalue weighted by Gasteiger charge is 2.09. The third-order valence-electron chi connectivity index (χ3n) is 2.78. The quantitative estimate of drug-likeness (QED) is 0.866. The van der Waals surface area contributed by atoms with Gasteiger partial charge in [-0.05, 0) is 33.4 Å². The largest absolute Gasteiger partial charge is 0.493 e. The molecule has 0 unspecified atom stereocenters. The van der Waals surface area contributed by atoms with E-state index in [1.54, 1.807) is 25.6 Å². The normalized spacial score (nSPS) is 10.5. The van der Waals surface area contributed by atoms with Crippen molar-refractivity contribution in [3.8, 4) is 11.5 Å². The van der Waals surface area contributed by atoms with Gasteiger partial charge in [0.2, 0.25) is 0 Å². The number of hydrogen-bond donors (Lipinski definition) is 1. The molecule has 0 saturated heterocycles. The summed E-state index contributed by atoms with van der Waals surface area (Å²) in [5.74, 6) is 1.56. The molecular formula is C14H16BrNO2S. The van der Waals surface area contributed by atoms with E-state index >= 15 is 0 Å². The van der Waals surface area contributed by atoms with Crippen LogP contribution in [0.25, 0.3) is 0 Å². The van der Waals surface area contributed by atoms with Gasteiger partial charge in [0.1, 0.15) is 0 Å². The van der Waals surface area contributed by atoms with Crippen LogP contribution in [0.1, 0.15) is 10.4 Å². The van der Waals surface area contributed by atoms with Gasteiger partial charge >= 0.3 is 0 Å². The Labute approximate surface area is 125 Å². The average molecular weight is 342 g/mol. The van der Waals surface area contributed by atoms with Crippen LogP contribution >= 0.6 is 27.3 Å². The van der Waals surface area contributed by atoms with E-state index in [9.17, 15) is 0 Å². The van der Waals surface area contributed by atoms with Gasteiger partial charge in [-0.3, -0.25) is 0 Å². The lowest BCUT2D eigenvalue weighted by atomic mass is 10.2. The predicted molar refractivity (Wildman–Crippen MR) is 82.1 cm³/mol. The summed E-state index contributed by atoms with van der Waals surface area (Å²) >= 11 is 5.27. The molecule has 2 rings (SSSR count). The topological polar surface area (TPSA) is 30.5 Å². The molecule has 0 radical (unpaired) electrons. The Hall–Kier alpha value is -1.04. The molecular weight excluding hydrogens is 326 g/mol. The van der Waals surface area contributed by atoms with Gasteiger partial charge in [-0.1, -0.05) is 12.1 Å². The number of benzene rings is 1. The fourth-order valence-corrected chi connectivity index (χ4v) is 3.32. The van der Waals surface area contributed by atoms with Gasteiger partial charge in [0.25, 0.3) is 0 Å². The van der Waals surface area contributed by atoms with E-state index in [1.807, 2.05) is 18.2 Å². The zero-order chi connectivity index (χ0) is 13.7.